The number of carbonyl (C=O) groups is 1. The summed E-state index contributed by atoms with van der Waals surface area (Å²) in [5.41, 5.74) is 7.39. The molecule has 1 amide bonds. The van der Waals surface area contributed by atoms with Gasteiger partial charge in [-0.1, -0.05) is 5.21 Å². The molecule has 11 heteroatoms. The van der Waals surface area contributed by atoms with E-state index in [0.717, 1.165) is 25.7 Å². The number of ether oxygens (including phenoxy) is 1. The molecule has 11 nitrogen and oxygen atoms in total. The third-order valence-electron chi connectivity index (χ3n) is 4.86. The molecule has 3 aromatic rings. The number of aromatic nitrogens is 7. The van der Waals surface area contributed by atoms with E-state index in [1.54, 1.807) is 36.2 Å². The number of tetrazole rings is 1. The van der Waals surface area contributed by atoms with Gasteiger partial charge >= 0.3 is 0 Å². The number of nitrogens with two attached hydrogens (primary N) is 1. The molecular formula is C17H21N9O2. The molecular weight excluding hydrogens is 362 g/mol. The minimum absolute atomic E-state index is 0.233. The fourth-order valence-electron chi connectivity index (χ4n) is 3.31. The van der Waals surface area contributed by atoms with E-state index in [4.69, 9.17) is 10.5 Å². The molecule has 1 fully saturated rings. The molecule has 0 aliphatic heterocycles. The zero-order chi connectivity index (χ0) is 19.5. The van der Waals surface area contributed by atoms with E-state index < -0.39 is 0 Å². The van der Waals surface area contributed by atoms with Crippen molar-refractivity contribution >= 4 is 11.6 Å². The van der Waals surface area contributed by atoms with Gasteiger partial charge in [-0.3, -0.25) is 4.79 Å². The highest BCUT2D eigenvalue weighted by Gasteiger charge is 2.22. The Morgan fingerprint density at radius 3 is 2.75 bits per heavy atom. The minimum atomic E-state index is -0.352. The molecule has 0 bridgehead atoms. The van der Waals surface area contributed by atoms with Crippen LogP contribution >= 0.6 is 0 Å². The second kappa shape index (κ2) is 7.72. The van der Waals surface area contributed by atoms with E-state index >= 15 is 0 Å². The fraction of sp³-hybridized carbons (Fsp3) is 0.412. The van der Waals surface area contributed by atoms with Crippen LogP contribution in [-0.4, -0.2) is 54.3 Å². The summed E-state index contributed by atoms with van der Waals surface area (Å²) in [5.74, 6) is 0.208. The number of carbonyl (C=O) groups excluding carboxylic acids is 1. The second-order valence-corrected chi connectivity index (χ2v) is 6.78. The van der Waals surface area contributed by atoms with Gasteiger partial charge in [-0.2, -0.15) is 0 Å². The van der Waals surface area contributed by atoms with Crippen molar-refractivity contribution in [2.75, 3.05) is 12.4 Å². The fourth-order valence-corrected chi connectivity index (χ4v) is 3.31. The van der Waals surface area contributed by atoms with E-state index in [0.29, 0.717) is 17.1 Å². The summed E-state index contributed by atoms with van der Waals surface area (Å²) < 4.78 is 8.53. The number of methoxy groups -OCH3 is 1. The van der Waals surface area contributed by atoms with Crippen molar-refractivity contribution in [3.8, 4) is 11.4 Å². The van der Waals surface area contributed by atoms with Gasteiger partial charge in [-0.15, -0.1) is 10.2 Å². The average molecular weight is 383 g/mol. The van der Waals surface area contributed by atoms with Gasteiger partial charge in [0.1, 0.15) is 12.1 Å². The van der Waals surface area contributed by atoms with Crippen molar-refractivity contribution in [1.29, 1.82) is 0 Å². The largest absolute Gasteiger partial charge is 0.497 e. The Labute approximate surface area is 160 Å². The number of hydrogen-bond acceptors (Lipinski definition) is 8. The van der Waals surface area contributed by atoms with Gasteiger partial charge in [0.25, 0.3) is 5.91 Å². The zero-order valence-electron chi connectivity index (χ0n) is 15.4. The summed E-state index contributed by atoms with van der Waals surface area (Å²) in [6.07, 6.45) is 6.93. The van der Waals surface area contributed by atoms with Crippen LogP contribution in [0.4, 0.5) is 5.69 Å². The van der Waals surface area contributed by atoms with Gasteiger partial charge in [0, 0.05) is 23.9 Å². The van der Waals surface area contributed by atoms with Crippen LogP contribution in [0, 0.1) is 0 Å². The van der Waals surface area contributed by atoms with Crippen molar-refractivity contribution < 1.29 is 9.53 Å². The highest BCUT2D eigenvalue weighted by atomic mass is 16.5. The molecule has 2 aromatic heterocycles. The van der Waals surface area contributed by atoms with E-state index in [9.17, 15) is 4.79 Å². The summed E-state index contributed by atoms with van der Waals surface area (Å²) in [6, 6.07) is 5.69. The molecule has 146 valence electrons. The Morgan fingerprint density at radius 2 is 2.04 bits per heavy atom. The Balaban J connectivity index is 1.50. The lowest BCUT2D eigenvalue weighted by molar-refractivity contribution is 0.102. The standard InChI is InChI=1S/C17H21N9O2/c1-28-15-7-12(6-14(8-15)26-10-19-22-24-26)20-17(27)16-9-25(23-21-16)13-4-2-11(18)3-5-13/h6-11,13H,2-5,18H2,1H3,(H,20,27). The maximum atomic E-state index is 12.6. The van der Waals surface area contributed by atoms with Crippen LogP contribution in [0.1, 0.15) is 42.2 Å². The van der Waals surface area contributed by atoms with Gasteiger partial charge in [-0.05, 0) is 42.2 Å². The maximum Gasteiger partial charge on any atom is 0.277 e. The lowest BCUT2D eigenvalue weighted by Gasteiger charge is -2.25. The average Bonchev–Trinajstić information content (AvgIpc) is 3.40. The van der Waals surface area contributed by atoms with Crippen LogP contribution in [0.5, 0.6) is 5.75 Å². The van der Waals surface area contributed by atoms with Crippen molar-refractivity contribution in [3.63, 3.8) is 0 Å². The molecule has 0 atom stereocenters. The molecule has 1 aliphatic rings. The van der Waals surface area contributed by atoms with E-state index in [1.165, 1.54) is 11.0 Å². The summed E-state index contributed by atoms with van der Waals surface area (Å²) in [6.45, 7) is 0. The summed E-state index contributed by atoms with van der Waals surface area (Å²) in [7, 11) is 1.55. The molecule has 28 heavy (non-hydrogen) atoms. The van der Waals surface area contributed by atoms with Crippen LogP contribution in [0.15, 0.2) is 30.7 Å². The predicted molar refractivity (Wildman–Crippen MR) is 99.2 cm³/mol. The van der Waals surface area contributed by atoms with E-state index in [2.05, 4.69) is 31.2 Å². The first-order valence-electron chi connectivity index (χ1n) is 9.03. The van der Waals surface area contributed by atoms with Gasteiger partial charge in [0.05, 0.1) is 25.0 Å². The maximum absolute atomic E-state index is 12.6. The Bertz CT molecular complexity index is 945. The molecule has 1 saturated carbocycles. The molecule has 0 saturated heterocycles. The highest BCUT2D eigenvalue weighted by molar-refractivity contribution is 6.02. The van der Waals surface area contributed by atoms with Crippen LogP contribution < -0.4 is 15.8 Å². The Hall–Kier alpha value is -3.34. The molecule has 4 rings (SSSR count). The topological polar surface area (TPSA) is 139 Å². The minimum Gasteiger partial charge on any atom is -0.497 e. The number of anilines is 1. The molecule has 0 radical (unpaired) electrons. The van der Waals surface area contributed by atoms with E-state index in [-0.39, 0.29) is 23.7 Å². The van der Waals surface area contributed by atoms with Crippen LogP contribution in [0.3, 0.4) is 0 Å². The van der Waals surface area contributed by atoms with Crippen molar-refractivity contribution in [1.82, 2.24) is 35.2 Å². The molecule has 1 aromatic carbocycles. The zero-order valence-corrected chi connectivity index (χ0v) is 15.4. The van der Waals surface area contributed by atoms with Crippen molar-refractivity contribution in [3.05, 3.63) is 36.4 Å². The van der Waals surface area contributed by atoms with Gasteiger partial charge in [-0.25, -0.2) is 9.36 Å². The summed E-state index contributed by atoms with van der Waals surface area (Å²) in [5, 5.41) is 22.1. The number of benzene rings is 1. The van der Waals surface area contributed by atoms with Crippen molar-refractivity contribution in [2.24, 2.45) is 5.73 Å². The molecule has 0 spiro atoms. The van der Waals surface area contributed by atoms with Gasteiger partial charge in [0.2, 0.25) is 0 Å². The number of hydrogen-bond donors (Lipinski definition) is 2. The third kappa shape index (κ3) is 3.83. The first kappa shape index (κ1) is 18.0. The SMILES string of the molecule is COc1cc(NC(=O)c2cn(C3CCC(N)CC3)nn2)cc(-n2cnnn2)c1. The number of nitrogens with zero attached hydrogens (tertiary/aromatic N) is 7. The lowest BCUT2D eigenvalue weighted by Crippen LogP contribution is -2.28. The number of nitrogens with one attached hydrogen (secondary N) is 1. The van der Waals surface area contributed by atoms with Crippen LogP contribution in [0.25, 0.3) is 5.69 Å². The second-order valence-electron chi connectivity index (χ2n) is 6.78. The number of amides is 1. The molecule has 0 unspecified atom stereocenters. The molecule has 3 N–H and O–H groups in total. The smallest absolute Gasteiger partial charge is 0.277 e. The molecule has 1 aliphatic carbocycles. The normalized spacial score (nSPS) is 19.4. The first-order chi connectivity index (χ1) is 13.6. The predicted octanol–water partition coefficient (Wildman–Crippen LogP) is 0.957. The number of rotatable bonds is 5. The van der Waals surface area contributed by atoms with Gasteiger partial charge < -0.3 is 15.8 Å². The quantitative estimate of drug-likeness (QED) is 0.664. The summed E-state index contributed by atoms with van der Waals surface area (Å²) in [4.78, 5) is 12.6. The lowest BCUT2D eigenvalue weighted by atomic mass is 9.92. The monoisotopic (exact) mass is 383 g/mol. The van der Waals surface area contributed by atoms with Crippen LogP contribution in [-0.2, 0) is 0 Å². The van der Waals surface area contributed by atoms with Gasteiger partial charge in [0.15, 0.2) is 5.69 Å². The molecule has 2 heterocycles. The first-order valence-corrected chi connectivity index (χ1v) is 9.03. The Morgan fingerprint density at radius 1 is 1.21 bits per heavy atom. The van der Waals surface area contributed by atoms with E-state index in [1.807, 2.05) is 0 Å². The highest BCUT2D eigenvalue weighted by Crippen LogP contribution is 2.27. The van der Waals surface area contributed by atoms with Crippen LogP contribution in [0.2, 0.25) is 0 Å². The third-order valence-corrected chi connectivity index (χ3v) is 4.86. The Kier molecular flexibility index (Phi) is 4.98. The van der Waals surface area contributed by atoms with Crippen molar-refractivity contribution in [2.45, 2.75) is 37.8 Å². The summed E-state index contributed by atoms with van der Waals surface area (Å²) >= 11 is 0.